The maximum Gasteiger partial charge on any atom is 0.273 e. The molecule has 0 saturated carbocycles. The Labute approximate surface area is 133 Å². The van der Waals surface area contributed by atoms with Gasteiger partial charge in [-0.2, -0.15) is 5.10 Å². The van der Waals surface area contributed by atoms with Crippen molar-refractivity contribution in [3.8, 4) is 11.3 Å². The number of furan rings is 1. The first kappa shape index (κ1) is 14.6. The highest BCUT2D eigenvalue weighted by Gasteiger charge is 2.07. The summed E-state index contributed by atoms with van der Waals surface area (Å²) in [6.07, 6.45) is 1.45. The van der Waals surface area contributed by atoms with Gasteiger partial charge in [-0.3, -0.25) is 4.79 Å². The van der Waals surface area contributed by atoms with Crippen molar-refractivity contribution in [3.63, 3.8) is 0 Å². The lowest BCUT2D eigenvalue weighted by molar-refractivity contribution is 0.0956. The molecule has 5 heteroatoms. The van der Waals surface area contributed by atoms with Crippen LogP contribution in [-0.2, 0) is 0 Å². The van der Waals surface area contributed by atoms with Crippen LogP contribution < -0.4 is 11.2 Å². The van der Waals surface area contributed by atoms with Crippen molar-refractivity contribution in [2.75, 3.05) is 5.73 Å². The number of hydrazone groups is 1. The Hall–Kier alpha value is -3.34. The average molecular weight is 305 g/mol. The lowest BCUT2D eigenvalue weighted by Gasteiger charge is -2.02. The van der Waals surface area contributed by atoms with E-state index in [1.807, 2.05) is 36.4 Å². The highest BCUT2D eigenvalue weighted by Crippen LogP contribution is 2.20. The highest BCUT2D eigenvalue weighted by molar-refractivity contribution is 5.99. The molecule has 0 saturated heterocycles. The molecule has 0 bridgehead atoms. The summed E-state index contributed by atoms with van der Waals surface area (Å²) in [5.74, 6) is 0.921. The third-order valence-electron chi connectivity index (χ3n) is 3.25. The van der Waals surface area contributed by atoms with Crippen LogP contribution in [-0.4, -0.2) is 12.1 Å². The molecule has 5 nitrogen and oxygen atoms in total. The van der Waals surface area contributed by atoms with E-state index in [1.165, 1.54) is 6.21 Å². The summed E-state index contributed by atoms with van der Waals surface area (Å²) >= 11 is 0. The maximum absolute atomic E-state index is 11.9. The molecule has 0 radical (unpaired) electrons. The Bertz CT molecular complexity index is 838. The number of para-hydroxylation sites is 1. The predicted molar refractivity (Wildman–Crippen MR) is 90.1 cm³/mol. The van der Waals surface area contributed by atoms with Gasteiger partial charge in [-0.05, 0) is 24.3 Å². The number of rotatable bonds is 4. The number of carbonyl (C=O) groups is 1. The van der Waals surface area contributed by atoms with E-state index < -0.39 is 0 Å². The first-order chi connectivity index (χ1) is 11.2. The number of nitrogens with zero attached hydrogens (tertiary/aromatic N) is 1. The monoisotopic (exact) mass is 305 g/mol. The second-order valence-corrected chi connectivity index (χ2v) is 4.85. The maximum atomic E-state index is 11.9. The van der Waals surface area contributed by atoms with E-state index in [-0.39, 0.29) is 5.91 Å². The zero-order chi connectivity index (χ0) is 16.1. The number of hydrogen-bond acceptors (Lipinski definition) is 4. The molecule has 0 aliphatic rings. The van der Waals surface area contributed by atoms with Crippen LogP contribution in [0.3, 0.4) is 0 Å². The van der Waals surface area contributed by atoms with Gasteiger partial charge in [-0.25, -0.2) is 5.43 Å². The van der Waals surface area contributed by atoms with Crippen LogP contribution in [0.5, 0.6) is 0 Å². The molecule has 2 aromatic carbocycles. The third kappa shape index (κ3) is 3.47. The van der Waals surface area contributed by atoms with Gasteiger partial charge in [-0.15, -0.1) is 0 Å². The van der Waals surface area contributed by atoms with Gasteiger partial charge in [0, 0.05) is 11.3 Å². The fourth-order valence-electron chi connectivity index (χ4n) is 2.10. The topological polar surface area (TPSA) is 80.6 Å². The van der Waals surface area contributed by atoms with E-state index in [9.17, 15) is 4.79 Å². The minimum atomic E-state index is -0.366. The molecule has 0 aliphatic heterocycles. The minimum absolute atomic E-state index is 0.366. The molecule has 23 heavy (non-hydrogen) atoms. The summed E-state index contributed by atoms with van der Waals surface area (Å²) in [4.78, 5) is 11.9. The Morgan fingerprint density at radius 2 is 1.74 bits per heavy atom. The average Bonchev–Trinajstić information content (AvgIpc) is 3.05. The highest BCUT2D eigenvalue weighted by atomic mass is 16.3. The molecule has 1 aromatic heterocycles. The van der Waals surface area contributed by atoms with Crippen molar-refractivity contribution in [3.05, 3.63) is 78.1 Å². The number of anilines is 1. The van der Waals surface area contributed by atoms with E-state index in [1.54, 1.807) is 30.3 Å². The molecule has 0 atom stereocenters. The molecule has 0 fully saturated rings. The Morgan fingerprint density at radius 1 is 1.00 bits per heavy atom. The smallest absolute Gasteiger partial charge is 0.273 e. The van der Waals surface area contributed by atoms with Crippen molar-refractivity contribution in [1.82, 2.24) is 5.43 Å². The number of nitrogens with one attached hydrogen (secondary N) is 1. The summed E-state index contributed by atoms with van der Waals surface area (Å²) in [5.41, 5.74) is 9.94. The fourth-order valence-corrected chi connectivity index (χ4v) is 2.10. The van der Waals surface area contributed by atoms with Crippen molar-refractivity contribution in [2.24, 2.45) is 5.10 Å². The number of amides is 1. The van der Waals surface area contributed by atoms with Gasteiger partial charge < -0.3 is 10.2 Å². The first-order valence-corrected chi connectivity index (χ1v) is 7.07. The van der Waals surface area contributed by atoms with Crippen molar-refractivity contribution >= 4 is 17.8 Å². The predicted octanol–water partition coefficient (Wildman–Crippen LogP) is 3.29. The van der Waals surface area contributed by atoms with Gasteiger partial charge in [-0.1, -0.05) is 42.5 Å². The van der Waals surface area contributed by atoms with E-state index in [0.29, 0.717) is 17.0 Å². The van der Waals surface area contributed by atoms with E-state index in [2.05, 4.69) is 10.5 Å². The summed E-state index contributed by atoms with van der Waals surface area (Å²) < 4.78 is 5.66. The Morgan fingerprint density at radius 3 is 2.52 bits per heavy atom. The van der Waals surface area contributed by atoms with Crippen LogP contribution in [0.1, 0.15) is 16.1 Å². The summed E-state index contributed by atoms with van der Waals surface area (Å²) in [6, 6.07) is 20.2. The summed E-state index contributed by atoms with van der Waals surface area (Å²) in [6.45, 7) is 0. The second kappa shape index (κ2) is 6.62. The molecule has 0 spiro atoms. The fraction of sp³-hybridized carbons (Fsp3) is 0. The van der Waals surface area contributed by atoms with Gasteiger partial charge >= 0.3 is 0 Å². The molecule has 1 heterocycles. The normalized spacial score (nSPS) is 10.8. The molecule has 114 valence electrons. The number of hydrogen-bond donors (Lipinski definition) is 2. The molecule has 0 aliphatic carbocycles. The van der Waals surface area contributed by atoms with Crippen molar-refractivity contribution in [1.29, 1.82) is 0 Å². The van der Waals surface area contributed by atoms with Crippen LogP contribution >= 0.6 is 0 Å². The quantitative estimate of drug-likeness (QED) is 0.441. The third-order valence-corrected chi connectivity index (χ3v) is 3.25. The van der Waals surface area contributed by atoms with Gasteiger partial charge in [0.15, 0.2) is 0 Å². The standard InChI is InChI=1S/C18H15N3O2/c19-16-9-5-4-8-15(16)18(22)21-20-12-14-10-11-17(23-14)13-6-2-1-3-7-13/h1-12H,19H2,(H,21,22)/b20-12-. The molecule has 3 aromatic rings. The van der Waals surface area contributed by atoms with Crippen LogP contribution in [0.15, 0.2) is 76.2 Å². The zero-order valence-electron chi connectivity index (χ0n) is 12.3. The summed E-state index contributed by atoms with van der Waals surface area (Å²) in [5, 5.41) is 3.89. The number of nitrogens with two attached hydrogens (primary N) is 1. The van der Waals surface area contributed by atoms with Crippen LogP contribution in [0.2, 0.25) is 0 Å². The molecular formula is C18H15N3O2. The lowest BCUT2D eigenvalue weighted by Crippen LogP contribution is -2.18. The van der Waals surface area contributed by atoms with E-state index in [0.717, 1.165) is 11.3 Å². The van der Waals surface area contributed by atoms with Crippen LogP contribution in [0.25, 0.3) is 11.3 Å². The van der Waals surface area contributed by atoms with Crippen molar-refractivity contribution in [2.45, 2.75) is 0 Å². The molecular weight excluding hydrogens is 290 g/mol. The zero-order valence-corrected chi connectivity index (χ0v) is 12.3. The molecule has 1 amide bonds. The van der Waals surface area contributed by atoms with Gasteiger partial charge in [0.25, 0.3) is 5.91 Å². The Balaban J connectivity index is 1.66. The largest absolute Gasteiger partial charge is 0.455 e. The molecule has 3 N–H and O–H groups in total. The first-order valence-electron chi connectivity index (χ1n) is 7.07. The Kier molecular flexibility index (Phi) is 4.20. The molecule has 0 unspecified atom stereocenters. The number of benzene rings is 2. The van der Waals surface area contributed by atoms with Crippen LogP contribution in [0, 0.1) is 0 Å². The van der Waals surface area contributed by atoms with Gasteiger partial charge in [0.2, 0.25) is 0 Å². The SMILES string of the molecule is Nc1ccccc1C(=O)N/N=C\c1ccc(-c2ccccc2)o1. The van der Waals surface area contributed by atoms with E-state index in [4.69, 9.17) is 10.2 Å². The van der Waals surface area contributed by atoms with E-state index >= 15 is 0 Å². The second-order valence-electron chi connectivity index (χ2n) is 4.85. The van der Waals surface area contributed by atoms with Crippen molar-refractivity contribution < 1.29 is 9.21 Å². The van der Waals surface area contributed by atoms with Gasteiger partial charge in [0.05, 0.1) is 11.8 Å². The summed E-state index contributed by atoms with van der Waals surface area (Å²) in [7, 11) is 0. The lowest BCUT2D eigenvalue weighted by atomic mass is 10.2. The molecule has 3 rings (SSSR count). The van der Waals surface area contributed by atoms with Gasteiger partial charge in [0.1, 0.15) is 11.5 Å². The number of carbonyl (C=O) groups excluding carboxylic acids is 1. The number of nitrogen functional groups attached to an aromatic ring is 1. The minimum Gasteiger partial charge on any atom is -0.455 e. The van der Waals surface area contributed by atoms with Crippen LogP contribution in [0.4, 0.5) is 5.69 Å².